The van der Waals surface area contributed by atoms with Gasteiger partial charge >= 0.3 is 0 Å². The van der Waals surface area contributed by atoms with Gasteiger partial charge in [-0.05, 0) is 19.0 Å². The summed E-state index contributed by atoms with van der Waals surface area (Å²) in [4.78, 5) is 7.99. The Kier molecular flexibility index (Phi) is 3.95. The molecule has 2 rings (SSSR count). The number of aryl methyl sites for hydroxylation is 1. The highest BCUT2D eigenvalue weighted by Gasteiger charge is 1.94. The summed E-state index contributed by atoms with van der Waals surface area (Å²) < 4.78 is 1.83. The molecule has 0 aliphatic carbocycles. The quantitative estimate of drug-likeness (QED) is 0.704. The van der Waals surface area contributed by atoms with Gasteiger partial charge in [0.25, 0.3) is 0 Å². The van der Waals surface area contributed by atoms with Crippen LogP contribution in [0.5, 0.6) is 0 Å². The van der Waals surface area contributed by atoms with Crippen molar-refractivity contribution in [3.63, 3.8) is 0 Å². The highest BCUT2D eigenvalue weighted by molar-refractivity contribution is 4.96. The van der Waals surface area contributed by atoms with Crippen molar-refractivity contribution in [2.75, 3.05) is 6.54 Å². The number of nitrogens with one attached hydrogen (secondary N) is 1. The second kappa shape index (κ2) is 5.92. The molecule has 2 aromatic rings. The van der Waals surface area contributed by atoms with Crippen LogP contribution >= 0.6 is 0 Å². The molecule has 16 heavy (non-hydrogen) atoms. The first-order valence-electron chi connectivity index (χ1n) is 5.25. The van der Waals surface area contributed by atoms with Gasteiger partial charge in [-0.2, -0.15) is 0 Å². The summed E-state index contributed by atoms with van der Waals surface area (Å²) >= 11 is 0. The van der Waals surface area contributed by atoms with E-state index in [0.29, 0.717) is 0 Å². The van der Waals surface area contributed by atoms with Gasteiger partial charge in [0.2, 0.25) is 0 Å². The first-order valence-corrected chi connectivity index (χ1v) is 5.25. The Labute approximate surface area is 93.7 Å². The maximum atomic E-state index is 4.13. The lowest BCUT2D eigenvalue weighted by molar-refractivity contribution is 0.528. The molecule has 0 unspecified atom stereocenters. The van der Waals surface area contributed by atoms with Crippen LogP contribution in [0.3, 0.4) is 0 Å². The van der Waals surface area contributed by atoms with E-state index in [-0.39, 0.29) is 0 Å². The molecule has 0 aromatic carbocycles. The Hall–Kier alpha value is -1.82. The Balaban J connectivity index is 1.59. The Morgan fingerprint density at radius 3 is 3.06 bits per heavy atom. The standard InChI is InChI=1S/C10H14N6/c1(6-16-7-5-14-15-16)3-11-8-10-2-4-12-9-13-10/h2,4-5,7,9,11H,1,3,6,8H2. The minimum Gasteiger partial charge on any atom is -0.311 e. The minimum atomic E-state index is 0.778. The lowest BCUT2D eigenvalue weighted by atomic mass is 10.3. The van der Waals surface area contributed by atoms with E-state index in [2.05, 4.69) is 25.6 Å². The van der Waals surface area contributed by atoms with Crippen molar-refractivity contribution in [3.05, 3.63) is 36.7 Å². The predicted octanol–water partition coefficient (Wildman–Crippen LogP) is 0.248. The third-order valence-corrected chi connectivity index (χ3v) is 2.16. The molecule has 0 spiro atoms. The van der Waals surface area contributed by atoms with Gasteiger partial charge in [-0.3, -0.25) is 4.68 Å². The van der Waals surface area contributed by atoms with E-state index in [1.54, 1.807) is 18.7 Å². The SMILES string of the molecule is c1cc(CNCCCn2ccnn2)ncn1. The van der Waals surface area contributed by atoms with Gasteiger partial charge in [0.15, 0.2) is 0 Å². The molecule has 0 atom stereocenters. The van der Waals surface area contributed by atoms with Crippen LogP contribution in [-0.4, -0.2) is 31.5 Å². The summed E-state index contributed by atoms with van der Waals surface area (Å²) in [7, 11) is 0. The first-order chi connectivity index (χ1) is 7.95. The third kappa shape index (κ3) is 3.39. The molecule has 6 heteroatoms. The number of rotatable bonds is 6. The van der Waals surface area contributed by atoms with E-state index >= 15 is 0 Å². The molecule has 0 radical (unpaired) electrons. The molecule has 0 aliphatic heterocycles. The fourth-order valence-corrected chi connectivity index (χ4v) is 1.36. The number of aromatic nitrogens is 5. The molecule has 0 saturated heterocycles. The van der Waals surface area contributed by atoms with Crippen LogP contribution in [0.4, 0.5) is 0 Å². The molecule has 2 aromatic heterocycles. The van der Waals surface area contributed by atoms with Crippen LogP contribution in [0.25, 0.3) is 0 Å². The van der Waals surface area contributed by atoms with Gasteiger partial charge in [0, 0.05) is 25.5 Å². The smallest absolute Gasteiger partial charge is 0.115 e. The van der Waals surface area contributed by atoms with Crippen molar-refractivity contribution in [3.8, 4) is 0 Å². The highest BCUT2D eigenvalue weighted by atomic mass is 15.4. The molecule has 0 saturated carbocycles. The Morgan fingerprint density at radius 1 is 1.31 bits per heavy atom. The summed E-state index contributed by atoms with van der Waals surface area (Å²) in [5.74, 6) is 0. The van der Waals surface area contributed by atoms with Gasteiger partial charge in [-0.1, -0.05) is 5.21 Å². The number of hydrogen-bond acceptors (Lipinski definition) is 5. The normalized spacial score (nSPS) is 10.5. The lowest BCUT2D eigenvalue weighted by Gasteiger charge is -2.03. The van der Waals surface area contributed by atoms with E-state index in [0.717, 1.165) is 31.7 Å². The second-order valence-electron chi connectivity index (χ2n) is 3.40. The van der Waals surface area contributed by atoms with E-state index in [1.807, 2.05) is 16.9 Å². The van der Waals surface area contributed by atoms with Crippen LogP contribution in [0.15, 0.2) is 31.0 Å². The van der Waals surface area contributed by atoms with E-state index in [1.165, 1.54) is 0 Å². The molecule has 0 aliphatic rings. The molecule has 2 heterocycles. The van der Waals surface area contributed by atoms with Crippen molar-refractivity contribution in [2.45, 2.75) is 19.5 Å². The first kappa shape index (κ1) is 10.7. The highest BCUT2D eigenvalue weighted by Crippen LogP contribution is 1.90. The molecule has 0 fully saturated rings. The zero-order valence-corrected chi connectivity index (χ0v) is 8.95. The summed E-state index contributed by atoms with van der Waals surface area (Å²) in [6.45, 7) is 2.60. The van der Waals surface area contributed by atoms with Crippen molar-refractivity contribution >= 4 is 0 Å². The molecule has 1 N–H and O–H groups in total. The zero-order valence-electron chi connectivity index (χ0n) is 8.95. The lowest BCUT2D eigenvalue weighted by Crippen LogP contribution is -2.17. The van der Waals surface area contributed by atoms with Crippen LogP contribution in [0.2, 0.25) is 0 Å². The monoisotopic (exact) mass is 218 g/mol. The molecule has 0 amide bonds. The van der Waals surface area contributed by atoms with Crippen molar-refractivity contribution in [1.29, 1.82) is 0 Å². The number of nitrogens with zero attached hydrogens (tertiary/aromatic N) is 5. The Morgan fingerprint density at radius 2 is 2.31 bits per heavy atom. The average molecular weight is 218 g/mol. The predicted molar refractivity (Wildman–Crippen MR) is 58.4 cm³/mol. The summed E-state index contributed by atoms with van der Waals surface area (Å²) in [6.07, 6.45) is 7.89. The fourth-order valence-electron chi connectivity index (χ4n) is 1.36. The molecule has 6 nitrogen and oxygen atoms in total. The molecule has 0 bridgehead atoms. The molecule has 84 valence electrons. The average Bonchev–Trinajstić information content (AvgIpc) is 2.83. The Bertz CT molecular complexity index is 385. The maximum Gasteiger partial charge on any atom is 0.115 e. The molecular formula is C10H14N6. The van der Waals surface area contributed by atoms with Crippen LogP contribution in [-0.2, 0) is 13.1 Å². The largest absolute Gasteiger partial charge is 0.311 e. The van der Waals surface area contributed by atoms with Crippen LogP contribution in [0.1, 0.15) is 12.1 Å². The molecular weight excluding hydrogens is 204 g/mol. The summed E-state index contributed by atoms with van der Waals surface area (Å²) in [5.41, 5.74) is 1.01. The zero-order chi connectivity index (χ0) is 11.1. The van der Waals surface area contributed by atoms with Gasteiger partial charge in [-0.25, -0.2) is 9.97 Å². The van der Waals surface area contributed by atoms with Crippen molar-refractivity contribution in [2.24, 2.45) is 0 Å². The van der Waals surface area contributed by atoms with Gasteiger partial charge in [-0.15, -0.1) is 5.10 Å². The second-order valence-corrected chi connectivity index (χ2v) is 3.40. The summed E-state index contributed by atoms with van der Waals surface area (Å²) in [5, 5.41) is 10.9. The fraction of sp³-hybridized carbons (Fsp3) is 0.400. The van der Waals surface area contributed by atoms with Gasteiger partial charge < -0.3 is 5.32 Å². The van der Waals surface area contributed by atoms with E-state index < -0.39 is 0 Å². The van der Waals surface area contributed by atoms with Crippen LogP contribution in [0, 0.1) is 0 Å². The minimum absolute atomic E-state index is 0.778. The summed E-state index contributed by atoms with van der Waals surface area (Å²) in [6, 6.07) is 1.91. The van der Waals surface area contributed by atoms with Crippen LogP contribution < -0.4 is 5.32 Å². The maximum absolute atomic E-state index is 4.13. The van der Waals surface area contributed by atoms with Crippen molar-refractivity contribution in [1.82, 2.24) is 30.3 Å². The topological polar surface area (TPSA) is 68.5 Å². The van der Waals surface area contributed by atoms with Gasteiger partial charge in [0.05, 0.1) is 11.9 Å². The third-order valence-electron chi connectivity index (χ3n) is 2.16. The van der Waals surface area contributed by atoms with E-state index in [4.69, 9.17) is 0 Å². The van der Waals surface area contributed by atoms with Crippen molar-refractivity contribution < 1.29 is 0 Å². The van der Waals surface area contributed by atoms with Gasteiger partial charge in [0.1, 0.15) is 6.33 Å². The number of hydrogen-bond donors (Lipinski definition) is 1. The van der Waals surface area contributed by atoms with E-state index in [9.17, 15) is 0 Å².